The lowest BCUT2D eigenvalue weighted by molar-refractivity contribution is -2.00. The summed E-state index contributed by atoms with van der Waals surface area (Å²) >= 11 is 0. The molecule has 0 radical (unpaired) electrons. The highest BCUT2D eigenvalue weighted by Gasteiger charge is 2.13. The van der Waals surface area contributed by atoms with E-state index in [9.17, 15) is 0 Å². The third-order valence-electron chi connectivity index (χ3n) is 2.53. The summed E-state index contributed by atoms with van der Waals surface area (Å²) in [4.78, 5) is 2.10. The number of allylic oxidation sites excluding steroid dienone is 3. The van der Waals surface area contributed by atoms with E-state index in [4.69, 9.17) is 18.6 Å². The van der Waals surface area contributed by atoms with Gasteiger partial charge in [0.2, 0.25) is 5.69 Å². The van der Waals surface area contributed by atoms with Gasteiger partial charge in [-0.15, -0.1) is 10.2 Å². The average molecular weight is 295 g/mol. The van der Waals surface area contributed by atoms with Crippen LogP contribution < -0.4 is 23.2 Å². The van der Waals surface area contributed by atoms with Gasteiger partial charge in [0, 0.05) is 24.4 Å². The molecule has 104 valence electrons. The van der Waals surface area contributed by atoms with Crippen molar-refractivity contribution < 1.29 is 33.4 Å². The van der Waals surface area contributed by atoms with Gasteiger partial charge in [-0.1, -0.05) is 6.08 Å². The first-order valence-electron chi connectivity index (χ1n) is 5.59. The summed E-state index contributed by atoms with van der Waals surface area (Å²) < 4.78 is 36.1. The van der Waals surface area contributed by atoms with Crippen LogP contribution in [0.2, 0.25) is 0 Å². The molecular weight excluding hydrogens is 284 g/mol. The zero-order chi connectivity index (χ0) is 14.6. The number of nitrogens with zero attached hydrogens (tertiary/aromatic N) is 2. The molecule has 0 spiro atoms. The minimum atomic E-state index is -4.94. The number of pyridine rings is 1. The summed E-state index contributed by atoms with van der Waals surface area (Å²) in [6.07, 6.45) is 16.6. The first-order valence-corrected chi connectivity index (χ1v) is 6.82. The number of aromatic nitrogens is 1. The largest absolute Gasteiger partial charge is 0.318 e. The molecule has 3 rings (SSSR count). The lowest BCUT2D eigenvalue weighted by Crippen LogP contribution is -2.68. The van der Waals surface area contributed by atoms with Gasteiger partial charge in [0.15, 0.2) is 12.4 Å². The molecule has 6 nitrogen and oxygen atoms in total. The third-order valence-corrected chi connectivity index (χ3v) is 2.53. The summed E-state index contributed by atoms with van der Waals surface area (Å²) in [6.45, 7) is 0. The van der Waals surface area contributed by atoms with E-state index in [1.54, 1.807) is 0 Å². The molecule has 3 heterocycles. The molecule has 1 aromatic rings. The number of hydrogen-bond acceptors (Lipinski definition) is 5. The molecule has 0 N–H and O–H groups in total. The van der Waals surface area contributed by atoms with Crippen molar-refractivity contribution in [3.8, 4) is 0 Å². The molecule has 1 aromatic heterocycles. The lowest BCUT2D eigenvalue weighted by Gasteiger charge is -2.17. The lowest BCUT2D eigenvalue weighted by atomic mass is 10.2. The summed E-state index contributed by atoms with van der Waals surface area (Å²) in [5, 5.41) is 0. The van der Waals surface area contributed by atoms with Gasteiger partial charge in [-0.3, -0.25) is 0 Å². The number of rotatable bonds is 0. The van der Waals surface area contributed by atoms with E-state index >= 15 is 0 Å². The zero-order valence-electron chi connectivity index (χ0n) is 10.3. The van der Waals surface area contributed by atoms with Gasteiger partial charge in [0.05, 0.1) is 11.9 Å². The highest BCUT2D eigenvalue weighted by atomic mass is 35.7. The fraction of sp³-hybridized carbons (Fsp3) is 0. The molecule has 7 heteroatoms. The maximum Gasteiger partial charge on any atom is 0.212 e. The number of halogens is 1. The highest BCUT2D eigenvalue weighted by molar-refractivity contribution is 5.54. The standard InChI is InChI=1S/C13H11N2.ClHO4/c1-3-7-14-9-10-15-8-4-2-6-13(15)11-12(14)5-1;2-1(3,4)5/h1-11H;(H,2,3,4,5)/q+1;/p-1. The van der Waals surface area contributed by atoms with Crippen LogP contribution in [0.5, 0.6) is 0 Å². The van der Waals surface area contributed by atoms with Crippen molar-refractivity contribution in [3.63, 3.8) is 0 Å². The Morgan fingerprint density at radius 2 is 1.75 bits per heavy atom. The van der Waals surface area contributed by atoms with Crippen LogP contribution >= 0.6 is 0 Å². The van der Waals surface area contributed by atoms with Crippen LogP contribution in [0.25, 0.3) is 12.3 Å². The molecule has 0 atom stereocenters. The quantitative estimate of drug-likeness (QED) is 0.488. The van der Waals surface area contributed by atoms with Gasteiger partial charge < -0.3 is 4.90 Å². The molecule has 20 heavy (non-hydrogen) atoms. The molecular formula is C13H11ClN2O4. The fourth-order valence-electron chi connectivity index (χ4n) is 1.75. The molecule has 0 amide bonds. The van der Waals surface area contributed by atoms with Crippen molar-refractivity contribution >= 4 is 12.3 Å². The van der Waals surface area contributed by atoms with Gasteiger partial charge >= 0.3 is 0 Å². The van der Waals surface area contributed by atoms with Crippen molar-refractivity contribution in [2.24, 2.45) is 0 Å². The normalized spacial score (nSPS) is 15.6. The Hall–Kier alpha value is -1.96. The van der Waals surface area contributed by atoms with Crippen LogP contribution in [0.15, 0.2) is 60.7 Å². The SMILES string of the molecule is C1=CC2=Cc3cccc[n+]3C=CN2C=C1.[O-][Cl+3]([O-])([O-])[O-]. The van der Waals surface area contributed by atoms with E-state index in [0.29, 0.717) is 0 Å². The van der Waals surface area contributed by atoms with E-state index in [1.807, 2.05) is 12.1 Å². The second kappa shape index (κ2) is 6.00. The highest BCUT2D eigenvalue weighted by Crippen LogP contribution is 2.17. The predicted octanol–water partition coefficient (Wildman–Crippen LogP) is -2.61. The second-order valence-corrected chi connectivity index (χ2v) is 4.64. The van der Waals surface area contributed by atoms with E-state index in [-0.39, 0.29) is 0 Å². The van der Waals surface area contributed by atoms with E-state index in [1.165, 1.54) is 11.4 Å². The molecule has 2 aliphatic rings. The van der Waals surface area contributed by atoms with Gasteiger partial charge in [-0.05, 0) is 18.2 Å². The molecule has 0 aliphatic carbocycles. The second-order valence-electron chi connectivity index (χ2n) is 3.89. The minimum Gasteiger partial charge on any atom is -0.318 e. The topological polar surface area (TPSA) is 99.4 Å². The molecule has 0 unspecified atom stereocenters. The van der Waals surface area contributed by atoms with Crippen LogP contribution in [0.4, 0.5) is 0 Å². The zero-order valence-corrected chi connectivity index (χ0v) is 11.0. The summed E-state index contributed by atoms with van der Waals surface area (Å²) in [6, 6.07) is 6.18. The predicted molar refractivity (Wildman–Crippen MR) is 60.1 cm³/mol. The van der Waals surface area contributed by atoms with E-state index in [2.05, 4.69) is 64.6 Å². The Bertz CT molecular complexity index is 597. The number of fused-ring (bicyclic) bond motifs is 2. The fourth-order valence-corrected chi connectivity index (χ4v) is 1.75. The van der Waals surface area contributed by atoms with Crippen molar-refractivity contribution in [2.75, 3.05) is 0 Å². The maximum absolute atomic E-state index is 8.49. The minimum absolute atomic E-state index is 1.19. The first-order chi connectivity index (χ1) is 9.43. The third kappa shape index (κ3) is 4.30. The molecule has 0 aromatic carbocycles. The van der Waals surface area contributed by atoms with Crippen LogP contribution in [-0.4, -0.2) is 4.90 Å². The van der Waals surface area contributed by atoms with E-state index < -0.39 is 10.2 Å². The number of hydrogen-bond donors (Lipinski definition) is 0. The van der Waals surface area contributed by atoms with Crippen LogP contribution in [0, 0.1) is 10.2 Å². The Morgan fingerprint density at radius 3 is 2.50 bits per heavy atom. The Labute approximate surface area is 117 Å². The van der Waals surface area contributed by atoms with Crippen molar-refractivity contribution in [1.29, 1.82) is 0 Å². The molecule has 0 saturated heterocycles. The van der Waals surface area contributed by atoms with Crippen molar-refractivity contribution in [1.82, 2.24) is 4.90 Å². The van der Waals surface area contributed by atoms with Crippen LogP contribution in [0.3, 0.4) is 0 Å². The first kappa shape index (κ1) is 14.4. The molecule has 2 aliphatic heterocycles. The average Bonchev–Trinajstić information content (AvgIpc) is 2.55. The van der Waals surface area contributed by atoms with Crippen LogP contribution in [0.1, 0.15) is 5.69 Å². The molecule has 0 fully saturated rings. The van der Waals surface area contributed by atoms with Gasteiger partial charge in [0.1, 0.15) is 0 Å². The van der Waals surface area contributed by atoms with Crippen molar-refractivity contribution in [2.45, 2.75) is 0 Å². The van der Waals surface area contributed by atoms with Crippen molar-refractivity contribution in [3.05, 3.63) is 66.4 Å². The Morgan fingerprint density at radius 1 is 1.00 bits per heavy atom. The Balaban J connectivity index is 0.000000257. The van der Waals surface area contributed by atoms with Gasteiger partial charge in [-0.25, -0.2) is 18.6 Å². The molecule has 0 bridgehead atoms. The monoisotopic (exact) mass is 294 g/mol. The van der Waals surface area contributed by atoms with E-state index in [0.717, 1.165) is 0 Å². The van der Waals surface area contributed by atoms with Crippen LogP contribution in [-0.2, 0) is 0 Å². The summed E-state index contributed by atoms with van der Waals surface area (Å²) in [7, 11) is -4.94. The van der Waals surface area contributed by atoms with Gasteiger partial charge in [-0.2, -0.15) is 4.57 Å². The molecule has 0 saturated carbocycles. The van der Waals surface area contributed by atoms with Gasteiger partial charge in [0.25, 0.3) is 0 Å². The summed E-state index contributed by atoms with van der Waals surface area (Å²) in [5.74, 6) is 0. The summed E-state index contributed by atoms with van der Waals surface area (Å²) in [5.41, 5.74) is 2.37. The Kier molecular flexibility index (Phi) is 4.33. The maximum atomic E-state index is 8.49. The smallest absolute Gasteiger partial charge is 0.212 e.